The number of hydrogen-bond acceptors (Lipinski definition) is 3. The van der Waals surface area contributed by atoms with Crippen LogP contribution >= 0.6 is 15.9 Å². The zero-order valence-corrected chi connectivity index (χ0v) is 16.2. The minimum atomic E-state index is -0.187. The van der Waals surface area contributed by atoms with Gasteiger partial charge in [-0.2, -0.15) is 10.2 Å². The molecule has 0 fully saturated rings. The van der Waals surface area contributed by atoms with Crippen molar-refractivity contribution in [1.29, 1.82) is 0 Å². The van der Waals surface area contributed by atoms with Crippen molar-refractivity contribution in [1.82, 2.24) is 25.3 Å². The Morgan fingerprint density at radius 2 is 1.96 bits per heavy atom. The summed E-state index contributed by atoms with van der Waals surface area (Å²) >= 11 is 3.41. The molecule has 0 saturated heterocycles. The summed E-state index contributed by atoms with van der Waals surface area (Å²) in [5.74, 6) is -0.187. The second kappa shape index (κ2) is 6.84. The van der Waals surface area contributed by atoms with E-state index in [2.05, 4.69) is 36.5 Å². The first-order valence-electron chi connectivity index (χ1n) is 7.99. The molecule has 0 aliphatic rings. The SMILES string of the molecule is Cc1nn(C)c(C)c1-c1cc(C(=O)NC(C)c2ccc(Br)cc2)[nH]n1. The summed E-state index contributed by atoms with van der Waals surface area (Å²) in [4.78, 5) is 12.5. The predicted molar refractivity (Wildman–Crippen MR) is 100 cm³/mol. The molecule has 0 bridgehead atoms. The van der Waals surface area contributed by atoms with Crippen molar-refractivity contribution >= 4 is 21.8 Å². The van der Waals surface area contributed by atoms with Crippen LogP contribution in [-0.4, -0.2) is 25.9 Å². The van der Waals surface area contributed by atoms with Gasteiger partial charge in [-0.05, 0) is 44.5 Å². The molecule has 3 rings (SSSR count). The van der Waals surface area contributed by atoms with Gasteiger partial charge in [-0.1, -0.05) is 28.1 Å². The summed E-state index contributed by atoms with van der Waals surface area (Å²) in [5.41, 5.74) is 5.06. The van der Waals surface area contributed by atoms with Crippen LogP contribution in [0.1, 0.15) is 40.4 Å². The molecule has 2 heterocycles. The van der Waals surface area contributed by atoms with Crippen LogP contribution in [0.3, 0.4) is 0 Å². The van der Waals surface area contributed by atoms with E-state index in [-0.39, 0.29) is 11.9 Å². The van der Waals surface area contributed by atoms with Gasteiger partial charge in [0.05, 0.1) is 17.4 Å². The molecule has 1 aromatic carbocycles. The molecule has 6 nitrogen and oxygen atoms in total. The fourth-order valence-electron chi connectivity index (χ4n) is 2.82. The molecule has 0 spiro atoms. The second-order valence-electron chi connectivity index (χ2n) is 6.08. The van der Waals surface area contributed by atoms with Gasteiger partial charge in [0.15, 0.2) is 0 Å². The molecule has 25 heavy (non-hydrogen) atoms. The fraction of sp³-hybridized carbons (Fsp3) is 0.278. The highest BCUT2D eigenvalue weighted by atomic mass is 79.9. The van der Waals surface area contributed by atoms with Crippen LogP contribution in [0.4, 0.5) is 0 Å². The van der Waals surface area contributed by atoms with E-state index in [1.165, 1.54) is 0 Å². The minimum Gasteiger partial charge on any atom is -0.344 e. The van der Waals surface area contributed by atoms with Crippen LogP contribution in [0.15, 0.2) is 34.8 Å². The lowest BCUT2D eigenvalue weighted by molar-refractivity contribution is 0.0935. The molecule has 1 unspecified atom stereocenters. The maximum absolute atomic E-state index is 12.5. The monoisotopic (exact) mass is 401 g/mol. The molecule has 1 atom stereocenters. The highest BCUT2D eigenvalue weighted by Crippen LogP contribution is 2.25. The van der Waals surface area contributed by atoms with Crippen LogP contribution in [0.25, 0.3) is 11.3 Å². The zero-order valence-electron chi connectivity index (χ0n) is 14.6. The van der Waals surface area contributed by atoms with Crippen LogP contribution in [0.2, 0.25) is 0 Å². The summed E-state index contributed by atoms with van der Waals surface area (Å²) < 4.78 is 2.82. The number of H-pyrrole nitrogens is 1. The van der Waals surface area contributed by atoms with Crippen molar-refractivity contribution in [2.24, 2.45) is 7.05 Å². The van der Waals surface area contributed by atoms with Crippen molar-refractivity contribution in [2.45, 2.75) is 26.8 Å². The molecule has 0 radical (unpaired) electrons. The molecule has 2 aromatic heterocycles. The largest absolute Gasteiger partial charge is 0.344 e. The molecular weight excluding hydrogens is 382 g/mol. The Morgan fingerprint density at radius 3 is 2.56 bits per heavy atom. The Balaban J connectivity index is 1.77. The summed E-state index contributed by atoms with van der Waals surface area (Å²) in [7, 11) is 1.89. The van der Waals surface area contributed by atoms with Gasteiger partial charge < -0.3 is 5.32 Å². The van der Waals surface area contributed by atoms with Gasteiger partial charge >= 0.3 is 0 Å². The Hall–Kier alpha value is -2.41. The number of benzene rings is 1. The first kappa shape index (κ1) is 17.4. The number of nitrogens with one attached hydrogen (secondary N) is 2. The van der Waals surface area contributed by atoms with Crippen molar-refractivity contribution in [2.75, 3.05) is 0 Å². The number of nitrogens with zero attached hydrogens (tertiary/aromatic N) is 3. The maximum atomic E-state index is 12.5. The van der Waals surface area contributed by atoms with Gasteiger partial charge in [0.1, 0.15) is 5.69 Å². The van der Waals surface area contributed by atoms with Crippen LogP contribution in [0.5, 0.6) is 0 Å². The molecule has 1 amide bonds. The normalized spacial score (nSPS) is 12.2. The number of hydrogen-bond donors (Lipinski definition) is 2. The van der Waals surface area contributed by atoms with Crippen molar-refractivity contribution < 1.29 is 4.79 Å². The number of halogens is 1. The van der Waals surface area contributed by atoms with Crippen LogP contribution < -0.4 is 5.32 Å². The fourth-order valence-corrected chi connectivity index (χ4v) is 3.08. The number of amides is 1. The second-order valence-corrected chi connectivity index (χ2v) is 7.00. The molecule has 0 saturated carbocycles. The van der Waals surface area contributed by atoms with E-state index in [0.717, 1.165) is 32.7 Å². The molecule has 7 heteroatoms. The summed E-state index contributed by atoms with van der Waals surface area (Å²) in [6, 6.07) is 9.54. The zero-order chi connectivity index (χ0) is 18.1. The third-order valence-electron chi connectivity index (χ3n) is 4.31. The van der Waals surface area contributed by atoms with Gasteiger partial charge in [-0.25, -0.2) is 0 Å². The maximum Gasteiger partial charge on any atom is 0.269 e. The lowest BCUT2D eigenvalue weighted by Gasteiger charge is -2.13. The summed E-state index contributed by atoms with van der Waals surface area (Å²) in [5, 5.41) is 14.5. The van der Waals surface area contributed by atoms with Crippen molar-refractivity contribution in [3.8, 4) is 11.3 Å². The Kier molecular flexibility index (Phi) is 4.76. The number of carbonyl (C=O) groups excluding carboxylic acids is 1. The van der Waals surface area contributed by atoms with E-state index in [1.807, 2.05) is 56.8 Å². The van der Waals surface area contributed by atoms with E-state index in [4.69, 9.17) is 0 Å². The van der Waals surface area contributed by atoms with Gasteiger partial charge in [0.2, 0.25) is 0 Å². The molecule has 0 aliphatic carbocycles. The average Bonchev–Trinajstić information content (AvgIpc) is 3.13. The van der Waals surface area contributed by atoms with Gasteiger partial charge in [0.25, 0.3) is 5.91 Å². The van der Waals surface area contributed by atoms with Gasteiger partial charge in [-0.15, -0.1) is 0 Å². The molecule has 0 aliphatic heterocycles. The third-order valence-corrected chi connectivity index (χ3v) is 4.83. The predicted octanol–water partition coefficient (Wildman–Crippen LogP) is 3.68. The van der Waals surface area contributed by atoms with Crippen molar-refractivity contribution in [3.63, 3.8) is 0 Å². The average molecular weight is 402 g/mol. The Labute approximate surface area is 154 Å². The Bertz CT molecular complexity index is 910. The highest BCUT2D eigenvalue weighted by Gasteiger charge is 2.18. The van der Waals surface area contributed by atoms with Crippen molar-refractivity contribution in [3.05, 3.63) is 57.4 Å². The number of aryl methyl sites for hydroxylation is 2. The highest BCUT2D eigenvalue weighted by molar-refractivity contribution is 9.10. The first-order valence-corrected chi connectivity index (χ1v) is 8.78. The molecular formula is C18H20BrN5O. The number of carbonyl (C=O) groups is 1. The third kappa shape index (κ3) is 3.51. The quantitative estimate of drug-likeness (QED) is 0.699. The van der Waals surface area contributed by atoms with Crippen LogP contribution in [-0.2, 0) is 7.05 Å². The minimum absolute atomic E-state index is 0.103. The number of aromatic amines is 1. The molecule has 130 valence electrons. The number of rotatable bonds is 4. The van der Waals surface area contributed by atoms with E-state index < -0.39 is 0 Å². The number of aromatic nitrogens is 4. The topological polar surface area (TPSA) is 75.6 Å². The summed E-state index contributed by atoms with van der Waals surface area (Å²) in [6.07, 6.45) is 0. The lowest BCUT2D eigenvalue weighted by atomic mass is 10.1. The van der Waals surface area contributed by atoms with E-state index in [1.54, 1.807) is 6.07 Å². The smallest absolute Gasteiger partial charge is 0.269 e. The van der Waals surface area contributed by atoms with Gasteiger partial charge in [-0.3, -0.25) is 14.6 Å². The molecule has 2 N–H and O–H groups in total. The van der Waals surface area contributed by atoms with Crippen LogP contribution in [0, 0.1) is 13.8 Å². The van der Waals surface area contributed by atoms with E-state index in [0.29, 0.717) is 5.69 Å². The molecule has 3 aromatic rings. The van der Waals surface area contributed by atoms with Gasteiger partial charge in [0, 0.05) is 22.8 Å². The van der Waals surface area contributed by atoms with E-state index in [9.17, 15) is 4.79 Å². The summed E-state index contributed by atoms with van der Waals surface area (Å²) in [6.45, 7) is 5.87. The lowest BCUT2D eigenvalue weighted by Crippen LogP contribution is -2.26. The first-order chi connectivity index (χ1) is 11.9. The standard InChI is InChI=1S/C18H20BrN5O/c1-10(13-5-7-14(19)8-6-13)20-18(25)16-9-15(21-22-16)17-11(2)23-24(4)12(17)3/h5-10H,1-4H3,(H,20,25)(H,21,22). The van der Waals surface area contributed by atoms with E-state index >= 15 is 0 Å². The Morgan fingerprint density at radius 1 is 1.28 bits per heavy atom.